The van der Waals surface area contributed by atoms with Crippen LogP contribution in [0.1, 0.15) is 39.6 Å². The third-order valence-corrected chi connectivity index (χ3v) is 4.55. The highest BCUT2D eigenvalue weighted by atomic mass is 16.2. The first kappa shape index (κ1) is 15.4. The molecule has 25 heavy (non-hydrogen) atoms. The molecule has 0 aliphatic carbocycles. The Bertz CT molecular complexity index is 976. The predicted molar refractivity (Wildman–Crippen MR) is 93.0 cm³/mol. The first-order valence-corrected chi connectivity index (χ1v) is 8.21. The fraction of sp³-hybridized carbons (Fsp3) is 0.211. The molecule has 0 spiro atoms. The summed E-state index contributed by atoms with van der Waals surface area (Å²) in [5.41, 5.74) is 4.43. The minimum absolute atomic E-state index is 0.107. The van der Waals surface area contributed by atoms with Gasteiger partial charge in [-0.2, -0.15) is 0 Å². The van der Waals surface area contributed by atoms with Gasteiger partial charge in [-0.1, -0.05) is 24.3 Å². The molecule has 0 fully saturated rings. The zero-order valence-electron chi connectivity index (χ0n) is 13.8. The van der Waals surface area contributed by atoms with Crippen molar-refractivity contribution in [1.29, 1.82) is 0 Å². The molecule has 1 unspecified atom stereocenters. The molecule has 1 aromatic carbocycles. The summed E-state index contributed by atoms with van der Waals surface area (Å²) in [5, 5.41) is 5.78. The van der Waals surface area contributed by atoms with E-state index in [-0.39, 0.29) is 24.3 Å². The summed E-state index contributed by atoms with van der Waals surface area (Å²) in [5.74, 6) is -0.227. The van der Waals surface area contributed by atoms with Crippen LogP contribution in [0.25, 0.3) is 5.65 Å². The van der Waals surface area contributed by atoms with E-state index in [1.165, 1.54) is 0 Å². The predicted octanol–water partition coefficient (Wildman–Crippen LogP) is 2.13. The molecule has 126 valence electrons. The Morgan fingerprint density at radius 2 is 2.12 bits per heavy atom. The van der Waals surface area contributed by atoms with Gasteiger partial charge < -0.3 is 15.0 Å². The van der Waals surface area contributed by atoms with Gasteiger partial charge in [0, 0.05) is 11.8 Å². The number of carbonyl (C=O) groups is 2. The van der Waals surface area contributed by atoms with Crippen molar-refractivity contribution in [2.45, 2.75) is 25.9 Å². The van der Waals surface area contributed by atoms with Gasteiger partial charge in [0.2, 0.25) is 5.91 Å². The summed E-state index contributed by atoms with van der Waals surface area (Å²) in [4.78, 5) is 28.6. The maximum Gasteiger partial charge on any atom is 0.252 e. The fourth-order valence-electron chi connectivity index (χ4n) is 3.26. The van der Waals surface area contributed by atoms with Crippen LogP contribution >= 0.6 is 0 Å². The number of aryl methyl sites for hydroxylation is 1. The lowest BCUT2D eigenvalue weighted by Gasteiger charge is -2.12. The van der Waals surface area contributed by atoms with Crippen molar-refractivity contribution in [3.05, 3.63) is 71.2 Å². The summed E-state index contributed by atoms with van der Waals surface area (Å²) in [7, 11) is 0. The number of nitrogens with zero attached hydrogens (tertiary/aromatic N) is 2. The number of rotatable bonds is 4. The van der Waals surface area contributed by atoms with E-state index in [1.54, 1.807) is 12.3 Å². The van der Waals surface area contributed by atoms with Gasteiger partial charge >= 0.3 is 0 Å². The van der Waals surface area contributed by atoms with Crippen LogP contribution in [0.5, 0.6) is 0 Å². The molecule has 1 aliphatic heterocycles. The fourth-order valence-corrected chi connectivity index (χ4v) is 3.26. The van der Waals surface area contributed by atoms with Crippen LogP contribution in [0.4, 0.5) is 0 Å². The first-order valence-electron chi connectivity index (χ1n) is 8.21. The van der Waals surface area contributed by atoms with E-state index in [1.807, 2.05) is 47.9 Å². The van der Waals surface area contributed by atoms with Crippen LogP contribution in [-0.4, -0.2) is 21.2 Å². The number of hydrogen-bond donors (Lipinski definition) is 2. The third kappa shape index (κ3) is 2.76. The molecule has 3 heterocycles. The second-order valence-corrected chi connectivity index (χ2v) is 6.23. The monoisotopic (exact) mass is 334 g/mol. The quantitative estimate of drug-likeness (QED) is 0.767. The average Bonchev–Trinajstić information content (AvgIpc) is 3.16. The van der Waals surface area contributed by atoms with Crippen molar-refractivity contribution in [2.24, 2.45) is 0 Å². The number of fused-ring (bicyclic) bond motifs is 2. The van der Waals surface area contributed by atoms with Gasteiger partial charge in [-0.05, 0) is 30.2 Å². The first-order chi connectivity index (χ1) is 12.1. The maximum atomic E-state index is 12.3. The van der Waals surface area contributed by atoms with Crippen LogP contribution in [0.2, 0.25) is 0 Å². The summed E-state index contributed by atoms with van der Waals surface area (Å²) >= 11 is 0. The van der Waals surface area contributed by atoms with E-state index in [9.17, 15) is 9.59 Å². The Balaban J connectivity index is 1.43. The largest absolute Gasteiger partial charge is 0.350 e. The van der Waals surface area contributed by atoms with E-state index in [2.05, 4.69) is 15.6 Å². The molecule has 3 aromatic rings. The Kier molecular flexibility index (Phi) is 3.72. The van der Waals surface area contributed by atoms with Crippen LogP contribution in [0, 0.1) is 6.92 Å². The van der Waals surface area contributed by atoms with Gasteiger partial charge in [0.1, 0.15) is 5.65 Å². The molecule has 2 N–H and O–H groups in total. The number of carbonyl (C=O) groups excluding carboxylic acids is 2. The third-order valence-electron chi connectivity index (χ3n) is 4.55. The maximum absolute atomic E-state index is 12.3. The van der Waals surface area contributed by atoms with Gasteiger partial charge in [-0.3, -0.25) is 9.59 Å². The van der Waals surface area contributed by atoms with E-state index < -0.39 is 0 Å². The van der Waals surface area contributed by atoms with E-state index >= 15 is 0 Å². The molecule has 1 atom stereocenters. The second-order valence-electron chi connectivity index (χ2n) is 6.23. The average molecular weight is 334 g/mol. The minimum atomic E-state index is -0.270. The van der Waals surface area contributed by atoms with Crippen LogP contribution in [0.3, 0.4) is 0 Å². The summed E-state index contributed by atoms with van der Waals surface area (Å²) < 4.78 is 1.97. The van der Waals surface area contributed by atoms with Gasteiger partial charge in [0.25, 0.3) is 5.91 Å². The molecular formula is C19H18N4O2. The molecule has 4 rings (SSSR count). The highest BCUT2D eigenvalue weighted by molar-refractivity contribution is 5.99. The second kappa shape index (κ2) is 6.05. The number of imidazole rings is 1. The number of amides is 2. The smallest absolute Gasteiger partial charge is 0.252 e. The molecule has 0 radical (unpaired) electrons. The molecule has 6 nitrogen and oxygen atoms in total. The minimum Gasteiger partial charge on any atom is -0.350 e. The topological polar surface area (TPSA) is 75.5 Å². The van der Waals surface area contributed by atoms with Crippen LogP contribution in [0.15, 0.2) is 48.8 Å². The zero-order valence-corrected chi connectivity index (χ0v) is 13.8. The van der Waals surface area contributed by atoms with Gasteiger partial charge in [-0.25, -0.2) is 4.98 Å². The highest BCUT2D eigenvalue weighted by Gasteiger charge is 2.29. The molecule has 0 saturated carbocycles. The lowest BCUT2D eigenvalue weighted by Crippen LogP contribution is -2.29. The lowest BCUT2D eigenvalue weighted by molar-refractivity contribution is -0.121. The van der Waals surface area contributed by atoms with Gasteiger partial charge in [0.15, 0.2) is 0 Å². The normalized spacial score (nSPS) is 15.9. The Hall–Kier alpha value is -3.15. The van der Waals surface area contributed by atoms with Crippen molar-refractivity contribution in [2.75, 3.05) is 0 Å². The van der Waals surface area contributed by atoms with Crippen LogP contribution < -0.4 is 10.6 Å². The van der Waals surface area contributed by atoms with E-state index in [0.29, 0.717) is 12.1 Å². The molecule has 0 bridgehead atoms. The van der Waals surface area contributed by atoms with Crippen molar-refractivity contribution in [1.82, 2.24) is 20.0 Å². The van der Waals surface area contributed by atoms with E-state index in [0.717, 1.165) is 22.5 Å². The number of pyridine rings is 1. The molecule has 2 aromatic heterocycles. The molecule has 6 heteroatoms. The summed E-state index contributed by atoms with van der Waals surface area (Å²) in [6.45, 7) is 2.40. The highest BCUT2D eigenvalue weighted by Crippen LogP contribution is 2.27. The standard InChI is InChI=1S/C19H18N4O2/c1-12-5-4-8-23-13(11-21-18(12)23)10-20-17(24)9-16-14-6-2-3-7-15(14)19(25)22-16/h2-8,11,16H,9-10H2,1H3,(H,20,24)(H,22,25). The SMILES string of the molecule is Cc1cccn2c(CNC(=O)CC3NC(=O)c4ccccc43)cnc12. The molecule has 1 aliphatic rings. The van der Waals surface area contributed by atoms with Gasteiger partial charge in [-0.15, -0.1) is 0 Å². The Morgan fingerprint density at radius 1 is 1.28 bits per heavy atom. The van der Waals surface area contributed by atoms with E-state index in [4.69, 9.17) is 0 Å². The summed E-state index contributed by atoms with van der Waals surface area (Å²) in [6, 6.07) is 11.1. The molecule has 2 amide bonds. The van der Waals surface area contributed by atoms with Crippen molar-refractivity contribution in [3.63, 3.8) is 0 Å². The summed E-state index contributed by atoms with van der Waals surface area (Å²) in [6.07, 6.45) is 3.93. The number of aromatic nitrogens is 2. The number of nitrogens with one attached hydrogen (secondary N) is 2. The van der Waals surface area contributed by atoms with Crippen molar-refractivity contribution < 1.29 is 9.59 Å². The van der Waals surface area contributed by atoms with Crippen LogP contribution in [-0.2, 0) is 11.3 Å². The Labute approximate surface area is 144 Å². The van der Waals surface area contributed by atoms with Crippen molar-refractivity contribution >= 4 is 17.5 Å². The van der Waals surface area contributed by atoms with Gasteiger partial charge in [0.05, 0.1) is 30.9 Å². The van der Waals surface area contributed by atoms with Crippen molar-refractivity contribution in [3.8, 4) is 0 Å². The number of hydrogen-bond acceptors (Lipinski definition) is 3. The number of benzene rings is 1. The lowest BCUT2D eigenvalue weighted by atomic mass is 10.0. The zero-order chi connectivity index (χ0) is 17.4. The molecule has 0 saturated heterocycles. The Morgan fingerprint density at radius 3 is 3.00 bits per heavy atom. The molecular weight excluding hydrogens is 316 g/mol.